The quantitative estimate of drug-likeness (QED) is 0.175. The summed E-state index contributed by atoms with van der Waals surface area (Å²) in [5, 5.41) is 25.6. The lowest BCUT2D eigenvalue weighted by molar-refractivity contribution is -0.166. The van der Waals surface area contributed by atoms with Crippen molar-refractivity contribution in [3.63, 3.8) is 0 Å². The molecule has 2 aromatic carbocycles. The molecule has 0 radical (unpaired) electrons. The van der Waals surface area contributed by atoms with E-state index in [2.05, 4.69) is 4.74 Å². The smallest absolute Gasteiger partial charge is 0.359 e. The molecule has 0 spiro atoms. The van der Waals surface area contributed by atoms with Gasteiger partial charge in [0.15, 0.2) is 11.2 Å². The number of ketones is 1. The second-order valence-corrected chi connectivity index (χ2v) is 8.63. The second-order valence-electron chi connectivity index (χ2n) is 7.32. The highest BCUT2D eigenvalue weighted by Crippen LogP contribution is 2.22. The summed E-state index contributed by atoms with van der Waals surface area (Å²) in [4.78, 5) is 44.6. The number of Topliss-reactive ketones (excluding diaryl/α,β-unsaturated/α-hetero) is 1. The number of halogens is 3. The van der Waals surface area contributed by atoms with Crippen LogP contribution in [0, 0.1) is 22.7 Å². The second kappa shape index (κ2) is 19.9. The summed E-state index contributed by atoms with van der Waals surface area (Å²) >= 11 is 16.7. The van der Waals surface area contributed by atoms with E-state index in [4.69, 9.17) is 64.6 Å². The third-order valence-corrected chi connectivity index (χ3v) is 5.04. The Labute approximate surface area is 252 Å². The predicted octanol–water partition coefficient (Wildman–Crippen LogP) is 4.75. The first kappa shape index (κ1) is 37.0. The molecule has 11 nitrogen and oxygen atoms in total. The highest BCUT2D eigenvalue weighted by molar-refractivity contribution is 6.40. The Morgan fingerprint density at radius 2 is 1.22 bits per heavy atom. The van der Waals surface area contributed by atoms with E-state index in [9.17, 15) is 19.2 Å². The van der Waals surface area contributed by atoms with Crippen LogP contribution in [0.25, 0.3) is 0 Å². The average Bonchev–Trinajstić information content (AvgIpc) is 2.91. The van der Waals surface area contributed by atoms with Crippen LogP contribution in [0.2, 0.25) is 10.0 Å². The van der Waals surface area contributed by atoms with Gasteiger partial charge in [-0.2, -0.15) is 10.5 Å². The Balaban J connectivity index is 0.000000665. The highest BCUT2D eigenvalue weighted by atomic mass is 35.5. The molecule has 2 aromatic rings. The minimum atomic E-state index is -1.56. The number of esters is 3. The van der Waals surface area contributed by atoms with Crippen molar-refractivity contribution in [1.29, 1.82) is 10.5 Å². The summed E-state index contributed by atoms with van der Waals surface area (Å²) in [6.45, 7) is 6.54. The van der Waals surface area contributed by atoms with Gasteiger partial charge in [0, 0.05) is 10.0 Å². The van der Waals surface area contributed by atoms with Crippen LogP contribution in [0.1, 0.15) is 38.8 Å². The van der Waals surface area contributed by atoms with Crippen molar-refractivity contribution in [2.45, 2.75) is 39.2 Å². The van der Waals surface area contributed by atoms with Gasteiger partial charge in [0.1, 0.15) is 11.5 Å². The van der Waals surface area contributed by atoms with Gasteiger partial charge in [-0.15, -0.1) is 11.6 Å². The van der Waals surface area contributed by atoms with Crippen molar-refractivity contribution in [3.8, 4) is 23.6 Å². The van der Waals surface area contributed by atoms with Gasteiger partial charge < -0.3 is 24.1 Å². The number of hydrogen-bond acceptors (Lipinski definition) is 11. The van der Waals surface area contributed by atoms with Crippen LogP contribution in [-0.2, 0) is 33.4 Å². The molecule has 0 heterocycles. The molecule has 14 heteroatoms. The standard InChI is InChI=1S/C14H14ClNO5.C7H4ClNO.C6H9ClO3/c1-3-19-13(17)12(14(18)20-4-2)21-11-6-9(8-16)5-10(15)7-11;8-6-1-5(4-9)2-7(10)3-6;1-3-10-6(9)5(7)4(2)8/h5-7,12H,3-4H2,1-2H3;1-3,10H;5H,3H2,1-2H3. The first-order valence-corrected chi connectivity index (χ1v) is 12.9. The molecule has 0 saturated carbocycles. The number of phenolic OH excluding ortho intramolecular Hbond substituents is 1. The van der Waals surface area contributed by atoms with E-state index in [1.54, 1.807) is 20.8 Å². The number of benzene rings is 2. The van der Waals surface area contributed by atoms with Crippen LogP contribution < -0.4 is 4.74 Å². The number of phenols is 1. The summed E-state index contributed by atoms with van der Waals surface area (Å²) in [7, 11) is 0. The van der Waals surface area contributed by atoms with Crippen molar-refractivity contribution in [2.24, 2.45) is 0 Å². The van der Waals surface area contributed by atoms with E-state index >= 15 is 0 Å². The lowest BCUT2D eigenvalue weighted by Gasteiger charge is -2.16. The first-order valence-electron chi connectivity index (χ1n) is 11.7. The highest BCUT2D eigenvalue weighted by Gasteiger charge is 2.32. The molecule has 220 valence electrons. The lowest BCUT2D eigenvalue weighted by atomic mass is 10.2. The molecule has 41 heavy (non-hydrogen) atoms. The van der Waals surface area contributed by atoms with Gasteiger partial charge in [-0.3, -0.25) is 4.79 Å². The molecular weight excluding hydrogens is 603 g/mol. The summed E-state index contributed by atoms with van der Waals surface area (Å²) < 4.78 is 19.3. The van der Waals surface area contributed by atoms with Gasteiger partial charge in [-0.1, -0.05) is 23.2 Å². The Bertz CT molecular complexity index is 1250. The molecule has 0 aliphatic heterocycles. The van der Waals surface area contributed by atoms with Gasteiger partial charge in [-0.05, 0) is 64.1 Å². The number of alkyl halides is 1. The SMILES string of the molecule is CCOC(=O)C(Cl)C(C)=O.CCOC(=O)C(Oc1cc(Cl)cc(C#N)c1)C(=O)OCC.N#Cc1cc(O)cc(Cl)c1. The van der Waals surface area contributed by atoms with Gasteiger partial charge in [0.2, 0.25) is 0 Å². The van der Waals surface area contributed by atoms with Crippen LogP contribution in [0.15, 0.2) is 36.4 Å². The van der Waals surface area contributed by atoms with Gasteiger partial charge in [-0.25, -0.2) is 14.4 Å². The molecule has 0 aliphatic rings. The van der Waals surface area contributed by atoms with Crippen LogP contribution in [-0.4, -0.2) is 60.1 Å². The van der Waals surface area contributed by atoms with Gasteiger partial charge in [0.25, 0.3) is 6.10 Å². The molecular formula is C27H27Cl3N2O9. The fourth-order valence-corrected chi connectivity index (χ4v) is 3.00. The van der Waals surface area contributed by atoms with E-state index in [-0.39, 0.29) is 47.7 Å². The number of nitrogens with zero attached hydrogens (tertiary/aromatic N) is 2. The number of aromatic hydroxyl groups is 1. The van der Waals surface area contributed by atoms with E-state index in [0.29, 0.717) is 10.6 Å². The van der Waals surface area contributed by atoms with Crippen LogP contribution in [0.4, 0.5) is 0 Å². The molecule has 0 saturated heterocycles. The third kappa shape index (κ3) is 14.8. The summed E-state index contributed by atoms with van der Waals surface area (Å²) in [5.74, 6) is -2.67. The summed E-state index contributed by atoms with van der Waals surface area (Å²) in [5.41, 5.74) is 0.606. The van der Waals surface area contributed by atoms with Gasteiger partial charge >= 0.3 is 17.9 Å². The van der Waals surface area contributed by atoms with Crippen LogP contribution >= 0.6 is 34.8 Å². The number of carbonyl (C=O) groups excluding carboxylic acids is 4. The Hall–Kier alpha value is -4.03. The molecule has 1 atom stereocenters. The van der Waals surface area contributed by atoms with Crippen LogP contribution in [0.5, 0.6) is 11.5 Å². The largest absolute Gasteiger partial charge is 0.508 e. The lowest BCUT2D eigenvalue weighted by Crippen LogP contribution is -2.38. The molecule has 0 bridgehead atoms. The zero-order chi connectivity index (χ0) is 31.5. The van der Waals surface area contributed by atoms with E-state index in [1.165, 1.54) is 43.3 Å². The number of nitriles is 2. The fourth-order valence-electron chi connectivity index (χ4n) is 2.48. The minimum Gasteiger partial charge on any atom is -0.508 e. The maximum atomic E-state index is 11.8. The summed E-state index contributed by atoms with van der Waals surface area (Å²) in [6, 6.07) is 12.1. The first-order chi connectivity index (χ1) is 19.3. The maximum absolute atomic E-state index is 11.8. The molecule has 0 amide bonds. The molecule has 0 aromatic heterocycles. The number of ether oxygens (including phenoxy) is 4. The van der Waals surface area contributed by atoms with Crippen molar-refractivity contribution in [1.82, 2.24) is 0 Å². The Kier molecular flexibility index (Phi) is 18.0. The predicted molar refractivity (Wildman–Crippen MR) is 149 cm³/mol. The number of hydrogen-bond donors (Lipinski definition) is 1. The van der Waals surface area contributed by atoms with E-state index < -0.39 is 29.4 Å². The van der Waals surface area contributed by atoms with Crippen LogP contribution in [0.3, 0.4) is 0 Å². The Morgan fingerprint density at radius 3 is 1.63 bits per heavy atom. The normalized spacial score (nSPS) is 10.2. The summed E-state index contributed by atoms with van der Waals surface area (Å²) in [6.07, 6.45) is -1.56. The topological polar surface area (TPSA) is 173 Å². The molecule has 1 unspecified atom stereocenters. The zero-order valence-electron chi connectivity index (χ0n) is 22.5. The molecule has 0 aliphatic carbocycles. The van der Waals surface area contributed by atoms with E-state index in [1.807, 2.05) is 12.1 Å². The third-order valence-electron chi connectivity index (χ3n) is 4.12. The van der Waals surface area contributed by atoms with Crippen molar-refractivity contribution in [3.05, 3.63) is 57.6 Å². The monoisotopic (exact) mass is 628 g/mol. The fraction of sp³-hybridized carbons (Fsp3) is 0.333. The molecule has 0 fully saturated rings. The van der Waals surface area contributed by atoms with E-state index in [0.717, 1.165) is 0 Å². The van der Waals surface area contributed by atoms with Crippen molar-refractivity contribution < 1.29 is 43.2 Å². The Morgan fingerprint density at radius 1 is 0.780 bits per heavy atom. The maximum Gasteiger partial charge on any atom is 0.359 e. The zero-order valence-corrected chi connectivity index (χ0v) is 24.7. The number of carbonyl (C=O) groups is 4. The average molecular weight is 630 g/mol. The molecule has 1 N–H and O–H groups in total. The molecule has 2 rings (SSSR count). The van der Waals surface area contributed by atoms with Crippen molar-refractivity contribution in [2.75, 3.05) is 19.8 Å². The van der Waals surface area contributed by atoms with Gasteiger partial charge in [0.05, 0.1) is 43.1 Å². The number of rotatable bonds is 9. The van der Waals surface area contributed by atoms with Crippen molar-refractivity contribution >= 4 is 58.5 Å². The minimum absolute atomic E-state index is 0.0176.